The van der Waals surface area contributed by atoms with E-state index in [1.54, 1.807) is 6.92 Å². The highest BCUT2D eigenvalue weighted by Crippen LogP contribution is 2.44. The highest BCUT2D eigenvalue weighted by atomic mass is 16.5. The van der Waals surface area contributed by atoms with Crippen LogP contribution in [0.15, 0.2) is 48.5 Å². The van der Waals surface area contributed by atoms with Gasteiger partial charge in [-0.25, -0.2) is 0 Å². The van der Waals surface area contributed by atoms with Crippen LogP contribution in [0.3, 0.4) is 0 Å². The second-order valence-electron chi connectivity index (χ2n) is 22.6. The quantitative estimate of drug-likeness (QED) is 0.103. The third kappa shape index (κ3) is 12.7. The number of carbonyl (C=O) groups excluding carboxylic acids is 3. The van der Waals surface area contributed by atoms with Gasteiger partial charge < -0.3 is 35.1 Å². The first-order valence-corrected chi connectivity index (χ1v) is 23.9. The number of ether oxygens (including phenoxy) is 3. The van der Waals surface area contributed by atoms with E-state index in [1.165, 1.54) is 0 Å². The van der Waals surface area contributed by atoms with Crippen molar-refractivity contribution in [3.8, 4) is 23.0 Å². The largest absolute Gasteiger partial charge is 0.507 e. The number of nitrogens with one attached hydrogen (secondary N) is 2. The normalized spacial score (nSPS) is 16.0. The Morgan fingerprint density at radius 1 is 0.537 bits per heavy atom. The van der Waals surface area contributed by atoms with Gasteiger partial charge in [-0.2, -0.15) is 0 Å². The van der Waals surface area contributed by atoms with Gasteiger partial charge in [0.2, 0.25) is 0 Å². The van der Waals surface area contributed by atoms with Gasteiger partial charge in [-0.3, -0.25) is 19.3 Å². The zero-order valence-electron chi connectivity index (χ0n) is 42.4. The van der Waals surface area contributed by atoms with Crippen molar-refractivity contribution in [3.63, 3.8) is 0 Å². The van der Waals surface area contributed by atoms with E-state index in [9.17, 15) is 24.6 Å². The van der Waals surface area contributed by atoms with E-state index in [4.69, 9.17) is 14.2 Å². The highest BCUT2D eigenvalue weighted by molar-refractivity contribution is 5.78. The molecule has 11 heteroatoms. The average Bonchev–Trinajstić information content (AvgIpc) is 3.20. The van der Waals surface area contributed by atoms with Crippen molar-refractivity contribution in [2.75, 3.05) is 52.5 Å². The second-order valence-corrected chi connectivity index (χ2v) is 22.6. The topological polar surface area (TPSA) is 147 Å². The average molecular weight is 918 g/mol. The number of phenolic OH excluding ortho intramolecular Hbond substituents is 2. The Morgan fingerprint density at radius 2 is 0.821 bits per heavy atom. The summed E-state index contributed by atoms with van der Waals surface area (Å²) in [6.07, 6.45) is 1.15. The van der Waals surface area contributed by atoms with E-state index in [0.717, 1.165) is 44.5 Å². The molecule has 0 atom stereocenters. The summed E-state index contributed by atoms with van der Waals surface area (Å²) in [7, 11) is 0. The molecule has 0 saturated carbocycles. The first kappa shape index (κ1) is 50.9. The van der Waals surface area contributed by atoms with Gasteiger partial charge in [-0.05, 0) is 95.3 Å². The minimum Gasteiger partial charge on any atom is -0.507 e. The molecule has 2 heterocycles. The molecule has 4 aromatic rings. The number of carbonyl (C=O) groups is 3. The maximum atomic E-state index is 13.7. The van der Waals surface area contributed by atoms with E-state index in [0.29, 0.717) is 46.8 Å². The molecule has 11 nitrogen and oxygen atoms in total. The molecule has 4 N–H and O–H groups in total. The molecule has 0 fully saturated rings. The van der Waals surface area contributed by atoms with Gasteiger partial charge in [0.25, 0.3) is 11.8 Å². The van der Waals surface area contributed by atoms with E-state index in [1.807, 2.05) is 4.90 Å². The Bertz CT molecular complexity index is 2240. The van der Waals surface area contributed by atoms with Crippen molar-refractivity contribution in [2.24, 2.45) is 0 Å². The van der Waals surface area contributed by atoms with Gasteiger partial charge in [0.05, 0.1) is 13.2 Å². The molecule has 0 aromatic heterocycles. The molecule has 0 unspecified atom stereocenters. The number of phenols is 2. The monoisotopic (exact) mass is 918 g/mol. The fourth-order valence-corrected chi connectivity index (χ4v) is 8.76. The van der Waals surface area contributed by atoms with Crippen LogP contribution >= 0.6 is 0 Å². The van der Waals surface area contributed by atoms with Crippen LogP contribution in [-0.2, 0) is 66.5 Å². The number of rotatable bonds is 3. The summed E-state index contributed by atoms with van der Waals surface area (Å²) in [6, 6.07) is 16.8. The van der Waals surface area contributed by atoms with Crippen molar-refractivity contribution < 1.29 is 38.8 Å². The third-order valence-electron chi connectivity index (χ3n) is 12.9. The van der Waals surface area contributed by atoms with E-state index >= 15 is 0 Å². The molecular weight excluding hydrogens is 843 g/mol. The summed E-state index contributed by atoms with van der Waals surface area (Å²) in [5, 5.41) is 31.0. The maximum Gasteiger partial charge on any atom is 0.320 e. The summed E-state index contributed by atoms with van der Waals surface area (Å²) in [6.45, 7) is 28.4. The zero-order valence-corrected chi connectivity index (χ0v) is 42.4. The van der Waals surface area contributed by atoms with Crippen LogP contribution < -0.4 is 20.1 Å². The van der Waals surface area contributed by atoms with Gasteiger partial charge in [-0.15, -0.1) is 0 Å². The van der Waals surface area contributed by atoms with Gasteiger partial charge in [-0.1, -0.05) is 132 Å². The standard InChI is InChI=1S/C56H75N3O8/c1-14-65-48(62)31-59-17-15-57-46(60)32-66-51-38-19-34-23-42(53(2,3)4)24-35(49(34)63)20-39-28-45(56(11,12)13)30-41(52(39)67-33-47(61)58-16-18-59)22-37-26-43(54(5,6)7)25-36(50(37)64)21-40(51)29-44(27-38)55(8,9)10/h23-30,63-64H,14-22,31-33H2,1-13H3,(H,57,60)(H,58,61). The lowest BCUT2D eigenvalue weighted by Crippen LogP contribution is -2.43. The van der Waals surface area contributed by atoms with Crippen LogP contribution in [0.2, 0.25) is 0 Å². The predicted molar refractivity (Wildman–Crippen MR) is 265 cm³/mol. The lowest BCUT2D eigenvalue weighted by Gasteiger charge is -2.28. The molecule has 4 aromatic carbocycles. The van der Waals surface area contributed by atoms with Gasteiger partial charge in [0.1, 0.15) is 23.0 Å². The van der Waals surface area contributed by atoms with Crippen molar-refractivity contribution in [1.29, 1.82) is 0 Å². The molecule has 0 spiro atoms. The Labute approximate surface area is 399 Å². The van der Waals surface area contributed by atoms with Crippen molar-refractivity contribution in [3.05, 3.63) is 115 Å². The minimum absolute atomic E-state index is 0.0138. The summed E-state index contributed by atoms with van der Waals surface area (Å²) in [4.78, 5) is 41.9. The van der Waals surface area contributed by atoms with Crippen LogP contribution in [0.1, 0.15) is 157 Å². The minimum atomic E-state index is -0.400. The number of hydrogen-bond donors (Lipinski definition) is 4. The number of fused-ring (bicyclic) bond motifs is 12. The van der Waals surface area contributed by atoms with Crippen LogP contribution in [0.25, 0.3) is 0 Å². The number of esters is 1. The van der Waals surface area contributed by atoms with Crippen LogP contribution in [0, 0.1) is 0 Å². The smallest absolute Gasteiger partial charge is 0.320 e. The van der Waals surface area contributed by atoms with Crippen LogP contribution in [-0.4, -0.2) is 85.4 Å². The lowest BCUT2D eigenvalue weighted by atomic mass is 9.79. The third-order valence-corrected chi connectivity index (χ3v) is 12.9. The fraction of sp³-hybridized carbons (Fsp3) is 0.518. The fourth-order valence-electron chi connectivity index (χ4n) is 8.76. The van der Waals surface area contributed by atoms with Crippen molar-refractivity contribution in [2.45, 2.75) is 137 Å². The van der Waals surface area contributed by atoms with Gasteiger partial charge >= 0.3 is 5.97 Å². The maximum absolute atomic E-state index is 13.7. The Hall–Kier alpha value is -5.55. The first-order chi connectivity index (χ1) is 31.2. The summed E-state index contributed by atoms with van der Waals surface area (Å²) >= 11 is 0. The number of aromatic hydroxyl groups is 2. The van der Waals surface area contributed by atoms with E-state index < -0.39 is 5.97 Å². The molecule has 67 heavy (non-hydrogen) atoms. The molecule has 10 bridgehead atoms. The zero-order chi connectivity index (χ0) is 49.2. The summed E-state index contributed by atoms with van der Waals surface area (Å²) in [5.74, 6) is 0.260. The number of benzene rings is 4. The van der Waals surface area contributed by atoms with Crippen molar-refractivity contribution >= 4 is 17.8 Å². The summed E-state index contributed by atoms with van der Waals surface area (Å²) < 4.78 is 18.6. The lowest BCUT2D eigenvalue weighted by molar-refractivity contribution is -0.144. The first-order valence-electron chi connectivity index (χ1n) is 23.9. The van der Waals surface area contributed by atoms with Gasteiger partial charge in [0.15, 0.2) is 13.2 Å². The molecule has 3 aliphatic rings. The molecule has 1 aliphatic carbocycles. The molecule has 362 valence electrons. The molecule has 2 amide bonds. The predicted octanol–water partition coefficient (Wildman–Crippen LogP) is 8.83. The summed E-state index contributed by atoms with van der Waals surface area (Å²) in [5.41, 5.74) is 9.06. The molecule has 0 saturated heterocycles. The second kappa shape index (κ2) is 20.0. The SMILES string of the molecule is CCOC(=O)CN1CCNC(=O)COc2c3cc(C(C)(C)C)cc2Cc2cc(C(C)(C)C)cc(c2O)Cc2cc(C(C)(C)C)cc(c2OCC(=O)NCC1)Cc1cc(C(C)(C)C)cc(c1O)C3. The molecule has 0 radical (unpaired) electrons. The van der Waals surface area contributed by atoms with E-state index in [-0.39, 0.29) is 110 Å². The van der Waals surface area contributed by atoms with E-state index in [2.05, 4.69) is 142 Å². The number of hydrogen-bond acceptors (Lipinski definition) is 9. The number of amides is 2. The van der Waals surface area contributed by atoms with Crippen molar-refractivity contribution in [1.82, 2.24) is 15.5 Å². The molecule has 2 aliphatic heterocycles. The van der Waals surface area contributed by atoms with Crippen LogP contribution in [0.4, 0.5) is 0 Å². The Morgan fingerprint density at radius 3 is 1.09 bits per heavy atom. The van der Waals surface area contributed by atoms with Crippen LogP contribution in [0.5, 0.6) is 23.0 Å². The Kier molecular flexibility index (Phi) is 15.2. The number of nitrogens with zero attached hydrogens (tertiary/aromatic N) is 1. The van der Waals surface area contributed by atoms with Gasteiger partial charge in [0, 0.05) is 51.9 Å². The highest BCUT2D eigenvalue weighted by Gasteiger charge is 2.29. The molecule has 7 rings (SSSR count). The Balaban J connectivity index is 1.68. The molecular formula is C56H75N3O8.